The maximum Gasteiger partial charge on any atom is 0.251 e. The summed E-state index contributed by atoms with van der Waals surface area (Å²) in [5.74, 6) is -0.467. The molecule has 124 valence electrons. The Kier molecular flexibility index (Phi) is 3.69. The number of nitrogens with one attached hydrogen (secondary N) is 2. The van der Waals surface area contributed by atoms with Crippen molar-refractivity contribution in [2.24, 2.45) is 0 Å². The van der Waals surface area contributed by atoms with Crippen molar-refractivity contribution in [3.63, 3.8) is 0 Å². The molecule has 3 heterocycles. The van der Waals surface area contributed by atoms with Crippen molar-refractivity contribution in [3.8, 4) is 0 Å². The van der Waals surface area contributed by atoms with Gasteiger partial charge in [0.15, 0.2) is 0 Å². The second-order valence-electron chi connectivity index (χ2n) is 6.41. The van der Waals surface area contributed by atoms with Gasteiger partial charge in [-0.1, -0.05) is 12.1 Å². The van der Waals surface area contributed by atoms with Crippen LogP contribution < -0.4 is 10.6 Å². The number of carbonyl (C=O) groups excluding carboxylic acids is 2. The Morgan fingerprint density at radius 1 is 1.25 bits per heavy atom. The first kappa shape index (κ1) is 15.1. The van der Waals surface area contributed by atoms with Crippen LogP contribution in [0.1, 0.15) is 36.6 Å². The molecule has 1 fully saturated rings. The topological polar surface area (TPSA) is 76.0 Å². The normalized spacial score (nSPS) is 21.7. The number of hydrogen-bond donors (Lipinski definition) is 2. The minimum absolute atomic E-state index is 0.204. The molecular weight excluding hydrogens is 304 g/mol. The van der Waals surface area contributed by atoms with E-state index in [0.29, 0.717) is 12.8 Å². The van der Waals surface area contributed by atoms with Gasteiger partial charge in [0.2, 0.25) is 5.91 Å². The number of amides is 2. The first-order valence-electron chi connectivity index (χ1n) is 8.36. The monoisotopic (exact) mass is 324 g/mol. The molecule has 1 unspecified atom stereocenters. The van der Waals surface area contributed by atoms with E-state index in [4.69, 9.17) is 0 Å². The van der Waals surface area contributed by atoms with E-state index in [1.54, 1.807) is 4.68 Å². The van der Waals surface area contributed by atoms with Crippen LogP contribution in [0.25, 0.3) is 16.5 Å². The highest BCUT2D eigenvalue weighted by molar-refractivity contribution is 6.00. The molecule has 0 radical (unpaired) electrons. The molecule has 0 bridgehead atoms. The van der Waals surface area contributed by atoms with Crippen LogP contribution in [-0.2, 0) is 9.59 Å². The molecule has 2 amide bonds. The molecule has 0 saturated carbocycles. The molecule has 1 saturated heterocycles. The third kappa shape index (κ3) is 2.53. The number of rotatable bonds is 2. The van der Waals surface area contributed by atoms with Crippen molar-refractivity contribution in [2.75, 3.05) is 13.1 Å². The Bertz CT molecular complexity index is 865. The van der Waals surface area contributed by atoms with Gasteiger partial charge in [0.1, 0.15) is 6.04 Å². The first-order chi connectivity index (χ1) is 11.6. The zero-order valence-corrected chi connectivity index (χ0v) is 13.6. The fourth-order valence-electron chi connectivity index (χ4n) is 3.53. The van der Waals surface area contributed by atoms with E-state index in [1.165, 1.54) is 11.1 Å². The summed E-state index contributed by atoms with van der Waals surface area (Å²) < 4.78 is 1.77. The highest BCUT2D eigenvalue weighted by atomic mass is 16.2. The molecule has 6 heteroatoms. The van der Waals surface area contributed by atoms with Crippen LogP contribution in [0.5, 0.6) is 0 Å². The second kappa shape index (κ2) is 5.87. The van der Waals surface area contributed by atoms with Gasteiger partial charge < -0.3 is 5.32 Å². The Balaban J connectivity index is 1.75. The fourth-order valence-corrected chi connectivity index (χ4v) is 3.53. The van der Waals surface area contributed by atoms with Crippen molar-refractivity contribution in [2.45, 2.75) is 32.2 Å². The molecular formula is C18H20N4O2. The zero-order valence-electron chi connectivity index (χ0n) is 13.6. The third-order valence-corrected chi connectivity index (χ3v) is 4.83. The smallest absolute Gasteiger partial charge is 0.251 e. The van der Waals surface area contributed by atoms with E-state index in [2.05, 4.69) is 33.9 Å². The highest BCUT2D eigenvalue weighted by Gasteiger charge is 2.30. The quantitative estimate of drug-likeness (QED) is 0.825. The summed E-state index contributed by atoms with van der Waals surface area (Å²) in [6.45, 7) is 3.87. The van der Waals surface area contributed by atoms with E-state index < -0.39 is 6.04 Å². The summed E-state index contributed by atoms with van der Waals surface area (Å²) in [5.41, 5.74) is 4.42. The Labute approximate surface area is 139 Å². The predicted octanol–water partition coefficient (Wildman–Crippen LogP) is 1.70. The van der Waals surface area contributed by atoms with Gasteiger partial charge in [-0.25, -0.2) is 0 Å². The summed E-state index contributed by atoms with van der Waals surface area (Å²) in [5, 5.41) is 11.4. The van der Waals surface area contributed by atoms with Crippen molar-refractivity contribution < 1.29 is 9.59 Å². The number of benzene rings is 1. The molecule has 2 aliphatic rings. The van der Waals surface area contributed by atoms with Gasteiger partial charge in [-0.05, 0) is 49.6 Å². The Morgan fingerprint density at radius 2 is 2.12 bits per heavy atom. The predicted molar refractivity (Wildman–Crippen MR) is 91.4 cm³/mol. The molecule has 4 rings (SSSR count). The van der Waals surface area contributed by atoms with Crippen LogP contribution >= 0.6 is 0 Å². The summed E-state index contributed by atoms with van der Waals surface area (Å²) in [6.07, 6.45) is 4.10. The molecule has 2 aromatic rings. The van der Waals surface area contributed by atoms with E-state index in [0.717, 1.165) is 36.1 Å². The molecule has 0 aliphatic carbocycles. The van der Waals surface area contributed by atoms with Crippen LogP contribution in [0.15, 0.2) is 24.3 Å². The van der Waals surface area contributed by atoms with Crippen LogP contribution in [0, 0.1) is 6.92 Å². The maximum absolute atomic E-state index is 12.2. The lowest BCUT2D eigenvalue weighted by Crippen LogP contribution is -2.42. The van der Waals surface area contributed by atoms with Crippen LogP contribution in [-0.4, -0.2) is 34.7 Å². The lowest BCUT2D eigenvalue weighted by atomic mass is 9.98. The second-order valence-corrected chi connectivity index (χ2v) is 6.41. The molecule has 0 spiro atoms. The number of aryl methyl sites for hydroxylation is 1. The first-order valence-corrected chi connectivity index (χ1v) is 8.36. The van der Waals surface area contributed by atoms with Crippen molar-refractivity contribution in [3.05, 3.63) is 35.5 Å². The molecule has 1 aromatic carbocycles. The van der Waals surface area contributed by atoms with Crippen LogP contribution in [0.3, 0.4) is 0 Å². The average Bonchev–Trinajstić information content (AvgIpc) is 2.92. The standard InChI is InChI=1S/C18H20N4O2/c1-11-14-10-13(12-6-8-19-9-7-12)2-3-15(14)22(21-11)16-4-5-17(23)20-18(16)24/h2-3,6,10,16,19H,4-5,7-9H2,1H3,(H,20,23,24). The van der Waals surface area contributed by atoms with Crippen molar-refractivity contribution in [1.82, 2.24) is 20.4 Å². The summed E-state index contributed by atoms with van der Waals surface area (Å²) >= 11 is 0. The van der Waals surface area contributed by atoms with Crippen LogP contribution in [0.2, 0.25) is 0 Å². The number of nitrogens with zero attached hydrogens (tertiary/aromatic N) is 2. The largest absolute Gasteiger partial charge is 0.313 e. The fraction of sp³-hybridized carbons (Fsp3) is 0.389. The molecule has 2 N–H and O–H groups in total. The SMILES string of the molecule is Cc1nn(C2CCC(=O)NC2=O)c2ccc(C3=CCNCC3)cc12. The van der Waals surface area contributed by atoms with E-state index >= 15 is 0 Å². The lowest BCUT2D eigenvalue weighted by Gasteiger charge is -2.21. The number of fused-ring (bicyclic) bond motifs is 1. The Morgan fingerprint density at radius 3 is 2.88 bits per heavy atom. The van der Waals surface area contributed by atoms with Gasteiger partial charge in [0.25, 0.3) is 5.91 Å². The number of carbonyl (C=O) groups is 2. The summed E-state index contributed by atoms with van der Waals surface area (Å²) in [6, 6.07) is 5.89. The molecule has 1 aromatic heterocycles. The van der Waals surface area contributed by atoms with E-state index in [1.807, 2.05) is 13.0 Å². The molecule has 6 nitrogen and oxygen atoms in total. The van der Waals surface area contributed by atoms with Gasteiger partial charge in [-0.3, -0.25) is 19.6 Å². The van der Waals surface area contributed by atoms with Gasteiger partial charge in [-0.2, -0.15) is 5.10 Å². The van der Waals surface area contributed by atoms with Gasteiger partial charge in [-0.15, -0.1) is 0 Å². The minimum Gasteiger partial charge on any atom is -0.313 e. The van der Waals surface area contributed by atoms with Gasteiger partial charge in [0, 0.05) is 18.4 Å². The number of piperidine rings is 1. The number of aromatic nitrogens is 2. The summed E-state index contributed by atoms with van der Waals surface area (Å²) in [7, 11) is 0. The van der Waals surface area contributed by atoms with Crippen molar-refractivity contribution >= 4 is 28.3 Å². The number of hydrogen-bond acceptors (Lipinski definition) is 4. The van der Waals surface area contributed by atoms with Crippen molar-refractivity contribution in [1.29, 1.82) is 0 Å². The van der Waals surface area contributed by atoms with E-state index in [-0.39, 0.29) is 11.8 Å². The Hall–Kier alpha value is -2.47. The van der Waals surface area contributed by atoms with Crippen LogP contribution in [0.4, 0.5) is 0 Å². The average molecular weight is 324 g/mol. The molecule has 1 atom stereocenters. The maximum atomic E-state index is 12.2. The van der Waals surface area contributed by atoms with Gasteiger partial charge in [0.05, 0.1) is 11.2 Å². The zero-order chi connectivity index (χ0) is 16.7. The summed E-state index contributed by atoms with van der Waals surface area (Å²) in [4.78, 5) is 23.5. The van der Waals surface area contributed by atoms with E-state index in [9.17, 15) is 9.59 Å². The highest BCUT2D eigenvalue weighted by Crippen LogP contribution is 2.29. The third-order valence-electron chi connectivity index (χ3n) is 4.83. The number of imide groups is 1. The van der Waals surface area contributed by atoms with Gasteiger partial charge >= 0.3 is 0 Å². The lowest BCUT2D eigenvalue weighted by molar-refractivity contribution is -0.135. The minimum atomic E-state index is -0.414. The molecule has 2 aliphatic heterocycles. The molecule has 24 heavy (non-hydrogen) atoms.